The smallest absolute Gasteiger partial charge is 0.305 e. The molecule has 140 valence electrons. The maximum absolute atomic E-state index is 6.64. The minimum absolute atomic E-state index is 0.0323. The molecule has 2 aromatic rings. The third kappa shape index (κ3) is 3.48. The first kappa shape index (κ1) is 19.2. The van der Waals surface area contributed by atoms with Crippen molar-refractivity contribution in [2.75, 3.05) is 4.78 Å². The molecule has 1 aliphatic heterocycles. The maximum atomic E-state index is 6.64. The van der Waals surface area contributed by atoms with Crippen molar-refractivity contribution in [3.63, 3.8) is 0 Å². The monoisotopic (exact) mass is 371 g/mol. The molecule has 0 bridgehead atoms. The van der Waals surface area contributed by atoms with Gasteiger partial charge in [-0.25, -0.2) is 0 Å². The molecule has 1 aliphatic rings. The van der Waals surface area contributed by atoms with Gasteiger partial charge in [-0.3, -0.25) is 0 Å². The Morgan fingerprint density at radius 3 is 1.58 bits per heavy atom. The van der Waals surface area contributed by atoms with E-state index < -0.39 is 8.45 Å². The molecular weight excluding hydrogens is 339 g/mol. The molecule has 2 unspecified atom stereocenters. The molecule has 0 amide bonds. The molecular formula is C22H32N2OP+. The number of nitrogens with zero attached hydrogens (tertiary/aromatic N) is 2. The van der Waals surface area contributed by atoms with Gasteiger partial charge in [0.15, 0.2) is 5.75 Å². The van der Waals surface area contributed by atoms with E-state index in [-0.39, 0.29) is 5.54 Å². The second-order valence-corrected chi connectivity index (χ2v) is 10.3. The summed E-state index contributed by atoms with van der Waals surface area (Å²) in [5.74, 6) is 1.05. The van der Waals surface area contributed by atoms with E-state index in [9.17, 15) is 0 Å². The molecule has 0 spiro atoms. The van der Waals surface area contributed by atoms with Gasteiger partial charge in [-0.05, 0) is 84.6 Å². The Hall–Kier alpha value is -1.57. The van der Waals surface area contributed by atoms with Gasteiger partial charge in [-0.2, -0.15) is 0 Å². The van der Waals surface area contributed by atoms with E-state index in [4.69, 9.17) is 4.52 Å². The first-order chi connectivity index (χ1) is 12.0. The molecule has 0 saturated carbocycles. The quantitative estimate of drug-likeness (QED) is 0.458. The normalized spacial score (nSPS) is 19.7. The molecule has 26 heavy (non-hydrogen) atoms. The van der Waals surface area contributed by atoms with Gasteiger partial charge in [0, 0.05) is 4.78 Å². The highest BCUT2D eigenvalue weighted by molar-refractivity contribution is 7.59. The van der Waals surface area contributed by atoms with Crippen molar-refractivity contribution < 1.29 is 4.52 Å². The SMILES string of the molecule is Cc1cc(C)c(O[PH+]2N(c3c(C)cc(C)cc3C)N2C(C)(C)C)c(C)c1. The van der Waals surface area contributed by atoms with Gasteiger partial charge in [-0.1, -0.05) is 40.2 Å². The van der Waals surface area contributed by atoms with E-state index in [1.807, 2.05) is 0 Å². The second kappa shape index (κ2) is 6.55. The van der Waals surface area contributed by atoms with E-state index in [1.54, 1.807) is 0 Å². The average Bonchev–Trinajstić information content (AvgIpc) is 3.15. The summed E-state index contributed by atoms with van der Waals surface area (Å²) in [5, 5.41) is 0. The number of rotatable bonds is 3. The van der Waals surface area contributed by atoms with Gasteiger partial charge in [0.05, 0.1) is 5.54 Å². The first-order valence-electron chi connectivity index (χ1n) is 9.31. The third-order valence-electron chi connectivity index (χ3n) is 4.80. The highest BCUT2D eigenvalue weighted by Gasteiger charge is 2.66. The van der Waals surface area contributed by atoms with Crippen molar-refractivity contribution in [2.45, 2.75) is 67.9 Å². The van der Waals surface area contributed by atoms with Gasteiger partial charge >= 0.3 is 8.45 Å². The lowest BCUT2D eigenvalue weighted by molar-refractivity contribution is 0.331. The minimum atomic E-state index is -1.27. The summed E-state index contributed by atoms with van der Waals surface area (Å²) in [5.41, 5.74) is 9.01. The Kier molecular flexibility index (Phi) is 4.83. The summed E-state index contributed by atoms with van der Waals surface area (Å²) in [6, 6.07) is 8.95. The van der Waals surface area contributed by atoms with Crippen LogP contribution < -0.4 is 9.30 Å². The zero-order valence-corrected chi connectivity index (χ0v) is 18.6. The number of hydrogen-bond acceptors (Lipinski definition) is 3. The Balaban J connectivity index is 1.99. The fourth-order valence-electron chi connectivity index (χ4n) is 3.93. The zero-order chi connectivity index (χ0) is 19.4. The molecule has 1 saturated heterocycles. The Morgan fingerprint density at radius 2 is 1.15 bits per heavy atom. The number of hydrogen-bond donors (Lipinski definition) is 0. The van der Waals surface area contributed by atoms with Crippen LogP contribution in [-0.2, 0) is 0 Å². The van der Waals surface area contributed by atoms with Gasteiger partial charge in [0.2, 0.25) is 0 Å². The highest BCUT2D eigenvalue weighted by atomic mass is 31.2. The van der Waals surface area contributed by atoms with Crippen molar-refractivity contribution in [3.05, 3.63) is 57.6 Å². The van der Waals surface area contributed by atoms with Crippen molar-refractivity contribution in [3.8, 4) is 5.75 Å². The predicted molar refractivity (Wildman–Crippen MR) is 114 cm³/mol. The Bertz CT molecular complexity index is 808. The molecule has 0 N–H and O–H groups in total. The van der Waals surface area contributed by atoms with E-state index in [1.165, 1.54) is 39.1 Å². The van der Waals surface area contributed by atoms with Crippen LogP contribution in [0.5, 0.6) is 5.75 Å². The van der Waals surface area contributed by atoms with E-state index in [0.717, 1.165) is 5.75 Å². The molecule has 1 fully saturated rings. The fourth-order valence-corrected chi connectivity index (χ4v) is 6.51. The molecule has 2 atom stereocenters. The topological polar surface area (TPSA) is 15.2 Å². The van der Waals surface area contributed by atoms with Crippen LogP contribution in [-0.4, -0.2) is 10.3 Å². The van der Waals surface area contributed by atoms with E-state index in [2.05, 4.69) is 96.1 Å². The number of hydrazine groups is 1. The number of anilines is 1. The molecule has 3 nitrogen and oxygen atoms in total. The summed E-state index contributed by atoms with van der Waals surface area (Å²) in [6.45, 7) is 19.8. The Morgan fingerprint density at radius 1 is 0.731 bits per heavy atom. The minimum Gasteiger partial charge on any atom is -0.305 e. The molecule has 1 heterocycles. The number of aryl methyl sites for hydroxylation is 6. The van der Waals surface area contributed by atoms with Crippen LogP contribution in [0.4, 0.5) is 5.69 Å². The third-order valence-corrected chi connectivity index (χ3v) is 7.03. The van der Waals surface area contributed by atoms with Crippen molar-refractivity contribution >= 4 is 14.1 Å². The summed E-state index contributed by atoms with van der Waals surface area (Å²) < 4.78 is 11.5. The second-order valence-electron chi connectivity index (χ2n) is 8.65. The molecule has 2 aromatic carbocycles. The van der Waals surface area contributed by atoms with Crippen molar-refractivity contribution in [2.24, 2.45) is 0 Å². The van der Waals surface area contributed by atoms with Crippen LogP contribution in [0.25, 0.3) is 0 Å². The molecule has 3 rings (SSSR count). The lowest BCUT2D eigenvalue weighted by Crippen LogP contribution is -2.29. The average molecular weight is 371 g/mol. The van der Waals surface area contributed by atoms with Crippen LogP contribution in [0.1, 0.15) is 54.2 Å². The standard InChI is InChI=1S/C22H31N2OP/c1-14-10-16(3)20(17(4)11-14)23-24(22(7,8)9)26(23)25-21-18(5)12-15(2)13-19(21)6/h10-13H,1-9H3/p+1. The van der Waals surface area contributed by atoms with Crippen LogP contribution in [0, 0.1) is 41.5 Å². The van der Waals surface area contributed by atoms with Gasteiger partial charge in [-0.15, -0.1) is 0 Å². The molecule has 0 aliphatic carbocycles. The maximum Gasteiger partial charge on any atom is 0.386 e. The van der Waals surface area contributed by atoms with Crippen LogP contribution >= 0.6 is 8.45 Å². The van der Waals surface area contributed by atoms with Crippen LogP contribution in [0.15, 0.2) is 24.3 Å². The zero-order valence-electron chi connectivity index (χ0n) is 17.6. The summed E-state index contributed by atoms with van der Waals surface area (Å²) in [6.07, 6.45) is 0. The molecule has 0 radical (unpaired) electrons. The largest absolute Gasteiger partial charge is 0.386 e. The van der Waals surface area contributed by atoms with Gasteiger partial charge in [0.25, 0.3) is 0 Å². The first-order valence-corrected chi connectivity index (χ1v) is 10.6. The molecule has 4 heteroatoms. The van der Waals surface area contributed by atoms with Crippen LogP contribution in [0.2, 0.25) is 0 Å². The Labute approximate surface area is 159 Å². The van der Waals surface area contributed by atoms with Crippen molar-refractivity contribution in [1.82, 2.24) is 4.78 Å². The summed E-state index contributed by atoms with van der Waals surface area (Å²) in [4.78, 5) is 0. The van der Waals surface area contributed by atoms with E-state index in [0.29, 0.717) is 0 Å². The highest BCUT2D eigenvalue weighted by Crippen LogP contribution is 2.69. The van der Waals surface area contributed by atoms with Crippen LogP contribution in [0.3, 0.4) is 0 Å². The predicted octanol–water partition coefficient (Wildman–Crippen LogP) is 6.41. The summed E-state index contributed by atoms with van der Waals surface area (Å²) in [7, 11) is -1.27. The van der Waals surface area contributed by atoms with Gasteiger partial charge < -0.3 is 4.52 Å². The van der Waals surface area contributed by atoms with E-state index >= 15 is 0 Å². The van der Waals surface area contributed by atoms with Crippen molar-refractivity contribution in [1.29, 1.82) is 0 Å². The summed E-state index contributed by atoms with van der Waals surface area (Å²) >= 11 is 0. The fraction of sp³-hybridized carbons (Fsp3) is 0.455. The number of benzene rings is 2. The van der Waals surface area contributed by atoms with Gasteiger partial charge in [0.1, 0.15) is 5.69 Å². The lowest BCUT2D eigenvalue weighted by Gasteiger charge is -2.15. The molecule has 0 aromatic heterocycles. The lowest BCUT2D eigenvalue weighted by atomic mass is 10.1.